The average Bonchev–Trinajstić information content (AvgIpc) is 2.00. The molecule has 0 fully saturated rings. The van der Waals surface area contributed by atoms with Gasteiger partial charge in [0.25, 0.3) is 6.43 Å². The second-order valence-corrected chi connectivity index (χ2v) is 2.86. The van der Waals surface area contributed by atoms with E-state index < -0.39 is 12.2 Å². The standard InChI is InChI=1S/C6H5BrF2N2O/c7-3-2(5(8)9)1-11-6(10)4(3)12/h1,5,12H,(H2,10,11). The molecule has 0 aliphatic carbocycles. The normalized spacial score (nSPS) is 10.7. The number of hydrogen-bond acceptors (Lipinski definition) is 3. The van der Waals surface area contributed by atoms with Gasteiger partial charge >= 0.3 is 0 Å². The van der Waals surface area contributed by atoms with Crippen LogP contribution in [0.3, 0.4) is 0 Å². The van der Waals surface area contributed by atoms with Gasteiger partial charge in [-0.2, -0.15) is 0 Å². The molecule has 0 aliphatic heterocycles. The van der Waals surface area contributed by atoms with Gasteiger partial charge in [-0.3, -0.25) is 0 Å². The molecular formula is C6H5BrF2N2O. The van der Waals surface area contributed by atoms with Gasteiger partial charge in [-0.15, -0.1) is 0 Å². The highest BCUT2D eigenvalue weighted by molar-refractivity contribution is 9.10. The quantitative estimate of drug-likeness (QED) is 0.788. The molecule has 3 nitrogen and oxygen atoms in total. The van der Waals surface area contributed by atoms with Gasteiger partial charge in [0.1, 0.15) is 0 Å². The van der Waals surface area contributed by atoms with E-state index in [-0.39, 0.29) is 15.9 Å². The van der Waals surface area contributed by atoms with Crippen LogP contribution in [-0.2, 0) is 0 Å². The summed E-state index contributed by atoms with van der Waals surface area (Å²) < 4.78 is 24.1. The lowest BCUT2D eigenvalue weighted by Gasteiger charge is -2.05. The van der Waals surface area contributed by atoms with Crippen molar-refractivity contribution in [3.8, 4) is 5.75 Å². The molecule has 1 aromatic heterocycles. The van der Waals surface area contributed by atoms with Gasteiger partial charge in [0.05, 0.1) is 10.0 Å². The number of anilines is 1. The van der Waals surface area contributed by atoms with Crippen molar-refractivity contribution in [3.05, 3.63) is 16.2 Å². The largest absolute Gasteiger partial charge is 0.503 e. The van der Waals surface area contributed by atoms with E-state index in [2.05, 4.69) is 20.9 Å². The number of alkyl halides is 2. The predicted molar refractivity (Wildman–Crippen MR) is 43.0 cm³/mol. The number of nitrogen functional groups attached to an aromatic ring is 1. The zero-order valence-corrected chi connectivity index (χ0v) is 7.35. The molecule has 66 valence electrons. The zero-order valence-electron chi connectivity index (χ0n) is 5.76. The first-order chi connectivity index (χ1) is 5.54. The molecule has 1 rings (SSSR count). The third-order valence-electron chi connectivity index (χ3n) is 1.28. The number of nitrogens with zero attached hydrogens (tertiary/aromatic N) is 1. The summed E-state index contributed by atoms with van der Waals surface area (Å²) >= 11 is 2.78. The summed E-state index contributed by atoms with van der Waals surface area (Å²) in [6.45, 7) is 0. The van der Waals surface area contributed by atoms with E-state index in [4.69, 9.17) is 10.8 Å². The Morgan fingerprint density at radius 1 is 1.58 bits per heavy atom. The molecule has 0 spiro atoms. The number of halogens is 3. The minimum Gasteiger partial charge on any atom is -0.503 e. The average molecular weight is 239 g/mol. The van der Waals surface area contributed by atoms with Gasteiger partial charge in [-0.1, -0.05) is 0 Å². The fourth-order valence-corrected chi connectivity index (χ4v) is 1.14. The Labute approximate surface area is 75.3 Å². The molecule has 1 heterocycles. The Bertz CT molecular complexity index is 306. The van der Waals surface area contributed by atoms with E-state index in [1.54, 1.807) is 0 Å². The maximum Gasteiger partial charge on any atom is 0.266 e. The summed E-state index contributed by atoms with van der Waals surface area (Å²) in [5, 5.41) is 9.07. The minimum atomic E-state index is -2.68. The number of nitrogens with two attached hydrogens (primary N) is 1. The number of aromatic nitrogens is 1. The lowest BCUT2D eigenvalue weighted by Crippen LogP contribution is -1.95. The molecule has 0 unspecified atom stereocenters. The second-order valence-electron chi connectivity index (χ2n) is 2.06. The fourth-order valence-electron chi connectivity index (χ4n) is 0.658. The summed E-state index contributed by atoms with van der Waals surface area (Å²) in [7, 11) is 0. The maximum atomic E-state index is 12.1. The molecule has 12 heavy (non-hydrogen) atoms. The van der Waals surface area contributed by atoms with Gasteiger partial charge in [-0.25, -0.2) is 13.8 Å². The summed E-state index contributed by atoms with van der Waals surface area (Å²) in [5.41, 5.74) is 4.78. The zero-order chi connectivity index (χ0) is 9.30. The SMILES string of the molecule is Nc1ncc(C(F)F)c(Br)c1O. The molecule has 0 aromatic carbocycles. The lowest BCUT2D eigenvalue weighted by atomic mass is 10.3. The number of aromatic hydroxyl groups is 1. The highest BCUT2D eigenvalue weighted by atomic mass is 79.9. The molecule has 6 heteroatoms. The molecule has 1 aromatic rings. The van der Waals surface area contributed by atoms with Crippen LogP contribution in [0.2, 0.25) is 0 Å². The highest BCUT2D eigenvalue weighted by Gasteiger charge is 2.16. The van der Waals surface area contributed by atoms with E-state index in [1.807, 2.05) is 0 Å². The van der Waals surface area contributed by atoms with Crippen molar-refractivity contribution < 1.29 is 13.9 Å². The predicted octanol–water partition coefficient (Wildman–Crippen LogP) is 2.07. The van der Waals surface area contributed by atoms with Gasteiger partial charge in [0, 0.05) is 6.20 Å². The van der Waals surface area contributed by atoms with Crippen LogP contribution >= 0.6 is 15.9 Å². The summed E-state index contributed by atoms with van der Waals surface area (Å²) in [6.07, 6.45) is -1.76. The van der Waals surface area contributed by atoms with Crippen molar-refractivity contribution in [2.45, 2.75) is 6.43 Å². The summed E-state index contributed by atoms with van der Waals surface area (Å²) in [5.74, 6) is -0.626. The van der Waals surface area contributed by atoms with Crippen LogP contribution in [0.5, 0.6) is 5.75 Å². The van der Waals surface area contributed by atoms with Crippen LogP contribution in [-0.4, -0.2) is 10.1 Å². The highest BCUT2D eigenvalue weighted by Crippen LogP contribution is 2.35. The van der Waals surface area contributed by atoms with Crippen molar-refractivity contribution in [2.24, 2.45) is 0 Å². The molecule has 0 saturated carbocycles. The lowest BCUT2D eigenvalue weighted by molar-refractivity contribution is 0.149. The van der Waals surface area contributed by atoms with Crippen molar-refractivity contribution >= 4 is 21.7 Å². The molecule has 0 radical (unpaired) electrons. The van der Waals surface area contributed by atoms with Crippen LogP contribution in [0.1, 0.15) is 12.0 Å². The molecule has 0 amide bonds. The molecule has 0 aliphatic rings. The Morgan fingerprint density at radius 3 is 2.67 bits per heavy atom. The number of hydrogen-bond donors (Lipinski definition) is 2. The van der Waals surface area contributed by atoms with Crippen LogP contribution < -0.4 is 5.73 Å². The Morgan fingerprint density at radius 2 is 2.17 bits per heavy atom. The number of pyridine rings is 1. The van der Waals surface area contributed by atoms with E-state index in [1.165, 1.54) is 0 Å². The van der Waals surface area contributed by atoms with Gasteiger partial charge < -0.3 is 10.8 Å². The summed E-state index contributed by atoms with van der Waals surface area (Å²) in [4.78, 5) is 3.38. The van der Waals surface area contributed by atoms with Crippen molar-refractivity contribution in [3.63, 3.8) is 0 Å². The molecular weight excluding hydrogens is 234 g/mol. The van der Waals surface area contributed by atoms with Crippen molar-refractivity contribution in [2.75, 3.05) is 5.73 Å². The van der Waals surface area contributed by atoms with E-state index in [0.717, 1.165) is 6.20 Å². The third kappa shape index (κ3) is 1.47. The van der Waals surface area contributed by atoms with Gasteiger partial charge in [0.2, 0.25) is 0 Å². The van der Waals surface area contributed by atoms with Gasteiger partial charge in [0.15, 0.2) is 11.6 Å². The number of rotatable bonds is 1. The van der Waals surface area contributed by atoms with E-state index >= 15 is 0 Å². The summed E-state index contributed by atoms with van der Waals surface area (Å²) in [6, 6.07) is 0. The van der Waals surface area contributed by atoms with Crippen LogP contribution in [0, 0.1) is 0 Å². The van der Waals surface area contributed by atoms with Gasteiger partial charge in [-0.05, 0) is 15.9 Å². The van der Waals surface area contributed by atoms with Crippen molar-refractivity contribution in [1.29, 1.82) is 0 Å². The van der Waals surface area contributed by atoms with E-state index in [0.29, 0.717) is 0 Å². The fraction of sp³-hybridized carbons (Fsp3) is 0.167. The van der Waals surface area contributed by atoms with Crippen LogP contribution in [0.25, 0.3) is 0 Å². The Kier molecular flexibility index (Phi) is 2.46. The van der Waals surface area contributed by atoms with E-state index in [9.17, 15) is 8.78 Å². The first-order valence-electron chi connectivity index (χ1n) is 2.95. The first kappa shape index (κ1) is 9.18. The minimum absolute atomic E-state index is 0.106. The second kappa shape index (κ2) is 3.22. The topological polar surface area (TPSA) is 59.1 Å². The first-order valence-corrected chi connectivity index (χ1v) is 3.74. The van der Waals surface area contributed by atoms with Crippen LogP contribution in [0.15, 0.2) is 10.7 Å². The smallest absolute Gasteiger partial charge is 0.266 e. The molecule has 3 N–H and O–H groups in total. The van der Waals surface area contributed by atoms with Crippen LogP contribution in [0.4, 0.5) is 14.6 Å². The van der Waals surface area contributed by atoms with Crippen molar-refractivity contribution in [1.82, 2.24) is 4.98 Å². The molecule has 0 bridgehead atoms. The molecule has 0 atom stereocenters. The Hall–Kier alpha value is -0.910. The Balaban J connectivity index is 3.27. The third-order valence-corrected chi connectivity index (χ3v) is 2.12. The maximum absolute atomic E-state index is 12.1. The molecule has 0 saturated heterocycles. The monoisotopic (exact) mass is 238 g/mol.